The van der Waals surface area contributed by atoms with E-state index in [1.165, 1.54) is 19.1 Å². The van der Waals surface area contributed by atoms with E-state index in [1.54, 1.807) is 0 Å². The molecule has 1 rings (SSSR count). The van der Waals surface area contributed by atoms with E-state index in [1.807, 2.05) is 6.92 Å². The van der Waals surface area contributed by atoms with Gasteiger partial charge in [0.05, 0.1) is 11.1 Å². The van der Waals surface area contributed by atoms with Crippen molar-refractivity contribution in [2.75, 3.05) is 13.2 Å². The van der Waals surface area contributed by atoms with Crippen LogP contribution in [0, 0.1) is 0 Å². The molecule has 0 fully saturated rings. The van der Waals surface area contributed by atoms with E-state index in [4.69, 9.17) is 37.8 Å². The molecular formula is C16H18Cl2O5. The average Bonchev–Trinajstić information content (AvgIpc) is 2.52. The van der Waals surface area contributed by atoms with E-state index in [9.17, 15) is 9.59 Å². The summed E-state index contributed by atoms with van der Waals surface area (Å²) in [6.45, 7) is 6.46. The molecule has 0 aliphatic rings. The summed E-state index contributed by atoms with van der Waals surface area (Å²) in [6, 6.07) is 2.92. The van der Waals surface area contributed by atoms with Crippen molar-refractivity contribution in [1.29, 1.82) is 0 Å². The van der Waals surface area contributed by atoms with Crippen molar-refractivity contribution in [2.45, 2.75) is 26.4 Å². The third-order valence-electron chi connectivity index (χ3n) is 2.87. The number of aliphatic hydroxyl groups is 1. The number of ketones is 1. The number of carbonyl (C=O) groups excluding carboxylic acids is 2. The largest absolute Gasteiger partial charge is 0.480 e. The van der Waals surface area contributed by atoms with Gasteiger partial charge in [-0.25, -0.2) is 4.79 Å². The third-order valence-corrected chi connectivity index (χ3v) is 3.73. The molecule has 1 aromatic carbocycles. The van der Waals surface area contributed by atoms with E-state index >= 15 is 0 Å². The predicted octanol–water partition coefficient (Wildman–Crippen LogP) is 3.45. The zero-order chi connectivity index (χ0) is 17.6. The van der Waals surface area contributed by atoms with Crippen LogP contribution in [0.25, 0.3) is 0 Å². The summed E-state index contributed by atoms with van der Waals surface area (Å²) in [4.78, 5) is 23.5. The number of ether oxygens (including phenoxy) is 2. The molecule has 1 N–H and O–H groups in total. The molecule has 0 bridgehead atoms. The molecule has 5 nitrogen and oxygen atoms in total. The van der Waals surface area contributed by atoms with E-state index in [2.05, 4.69) is 6.58 Å². The first-order valence-corrected chi connectivity index (χ1v) is 7.70. The summed E-state index contributed by atoms with van der Waals surface area (Å²) in [5, 5.41) is 9.09. The maximum Gasteiger partial charge on any atom is 0.344 e. The quantitative estimate of drug-likeness (QED) is 0.436. The van der Waals surface area contributed by atoms with Crippen molar-refractivity contribution in [3.63, 3.8) is 0 Å². The highest BCUT2D eigenvalue weighted by Gasteiger charge is 2.18. The minimum atomic E-state index is -0.756. The number of carbonyl (C=O) groups is 2. The SMILES string of the molecule is C=C(CC)C(=O)c1ccc(OCC(=O)OCC(C)O)c(Cl)c1Cl. The summed E-state index contributed by atoms with van der Waals surface area (Å²) in [5.74, 6) is -0.788. The van der Waals surface area contributed by atoms with Crippen LogP contribution in [-0.4, -0.2) is 36.2 Å². The number of rotatable bonds is 8. The lowest BCUT2D eigenvalue weighted by Gasteiger charge is -2.12. The standard InChI is InChI=1S/C16H18Cl2O5/c1-4-9(2)16(21)11-5-6-12(15(18)14(11)17)22-8-13(20)23-7-10(3)19/h5-6,10,19H,2,4,7-8H2,1,3H3. The molecule has 0 aliphatic carbocycles. The Kier molecular flexibility index (Phi) is 7.55. The molecule has 0 radical (unpaired) electrons. The number of allylic oxidation sites excluding steroid dienone is 1. The van der Waals surface area contributed by atoms with E-state index in [-0.39, 0.29) is 33.7 Å². The predicted molar refractivity (Wildman–Crippen MR) is 88.4 cm³/mol. The molecule has 0 saturated heterocycles. The summed E-state index contributed by atoms with van der Waals surface area (Å²) in [6.07, 6.45) is -0.255. The van der Waals surface area contributed by atoms with Crippen LogP contribution in [0.5, 0.6) is 5.75 Å². The van der Waals surface area contributed by atoms with Gasteiger partial charge in [0, 0.05) is 5.56 Å². The molecule has 1 unspecified atom stereocenters. The maximum atomic E-state index is 12.1. The lowest BCUT2D eigenvalue weighted by Crippen LogP contribution is -2.20. The number of aliphatic hydroxyl groups excluding tert-OH is 1. The van der Waals surface area contributed by atoms with Crippen LogP contribution in [0.15, 0.2) is 24.3 Å². The average molecular weight is 361 g/mol. The molecule has 0 spiro atoms. The number of esters is 1. The fraction of sp³-hybridized carbons (Fsp3) is 0.375. The highest BCUT2D eigenvalue weighted by molar-refractivity contribution is 6.45. The van der Waals surface area contributed by atoms with Gasteiger partial charge >= 0.3 is 5.97 Å². The Hall–Kier alpha value is -1.56. The lowest BCUT2D eigenvalue weighted by atomic mass is 10.0. The Morgan fingerprint density at radius 1 is 1.30 bits per heavy atom. The molecule has 0 aromatic heterocycles. The van der Waals surface area contributed by atoms with Gasteiger partial charge in [0.15, 0.2) is 12.4 Å². The Morgan fingerprint density at radius 2 is 1.96 bits per heavy atom. The third kappa shape index (κ3) is 5.53. The molecule has 7 heteroatoms. The van der Waals surface area contributed by atoms with Gasteiger partial charge < -0.3 is 14.6 Å². The monoisotopic (exact) mass is 360 g/mol. The van der Waals surface area contributed by atoms with Gasteiger partial charge in [-0.05, 0) is 31.1 Å². The van der Waals surface area contributed by atoms with Gasteiger partial charge in [0.2, 0.25) is 0 Å². The van der Waals surface area contributed by atoms with Gasteiger partial charge in [0.1, 0.15) is 17.4 Å². The van der Waals surface area contributed by atoms with Gasteiger partial charge in [-0.3, -0.25) is 4.79 Å². The highest BCUT2D eigenvalue weighted by atomic mass is 35.5. The number of benzene rings is 1. The minimum absolute atomic E-state index is 0.0322. The number of Topliss-reactive ketones (excluding diaryl/α,β-unsaturated/α-hetero) is 1. The van der Waals surface area contributed by atoms with Crippen LogP contribution >= 0.6 is 23.2 Å². The first-order valence-electron chi connectivity index (χ1n) is 6.94. The molecule has 126 valence electrons. The van der Waals surface area contributed by atoms with Gasteiger partial charge in [-0.15, -0.1) is 0 Å². The maximum absolute atomic E-state index is 12.1. The fourth-order valence-corrected chi connectivity index (χ4v) is 2.02. The molecule has 23 heavy (non-hydrogen) atoms. The molecular weight excluding hydrogens is 343 g/mol. The second kappa shape index (κ2) is 8.91. The molecule has 0 heterocycles. The van der Waals surface area contributed by atoms with Crippen LogP contribution in [0.2, 0.25) is 10.0 Å². The summed E-state index contributed by atoms with van der Waals surface area (Å²) < 4.78 is 9.97. The molecule has 0 saturated carbocycles. The number of hydrogen-bond acceptors (Lipinski definition) is 5. The fourth-order valence-electron chi connectivity index (χ4n) is 1.56. The van der Waals surface area contributed by atoms with Crippen molar-refractivity contribution in [3.05, 3.63) is 39.9 Å². The first kappa shape index (κ1) is 19.5. The Bertz CT molecular complexity index is 611. The van der Waals surface area contributed by atoms with Crippen LogP contribution < -0.4 is 4.74 Å². The topological polar surface area (TPSA) is 72.8 Å². The van der Waals surface area contributed by atoms with Gasteiger partial charge in [-0.2, -0.15) is 0 Å². The van der Waals surface area contributed by atoms with Crippen molar-refractivity contribution >= 4 is 35.0 Å². The number of hydrogen-bond donors (Lipinski definition) is 1. The van der Waals surface area contributed by atoms with Gasteiger partial charge in [0.25, 0.3) is 0 Å². The van der Waals surface area contributed by atoms with Gasteiger partial charge in [-0.1, -0.05) is 36.7 Å². The summed E-state index contributed by atoms with van der Waals surface area (Å²) in [5.41, 5.74) is 0.644. The smallest absolute Gasteiger partial charge is 0.344 e. The minimum Gasteiger partial charge on any atom is -0.480 e. The summed E-state index contributed by atoms with van der Waals surface area (Å²) >= 11 is 12.2. The lowest BCUT2D eigenvalue weighted by molar-refractivity contribution is -0.148. The van der Waals surface area contributed by atoms with Crippen LogP contribution in [0.4, 0.5) is 0 Å². The second-order valence-corrected chi connectivity index (χ2v) is 5.60. The first-order chi connectivity index (χ1) is 10.8. The Balaban J connectivity index is 2.80. The summed E-state index contributed by atoms with van der Waals surface area (Å²) in [7, 11) is 0. The van der Waals surface area contributed by atoms with Crippen molar-refractivity contribution < 1.29 is 24.2 Å². The molecule has 0 amide bonds. The second-order valence-electron chi connectivity index (χ2n) is 4.85. The van der Waals surface area contributed by atoms with E-state index in [0.29, 0.717) is 12.0 Å². The van der Waals surface area contributed by atoms with Crippen LogP contribution in [0.1, 0.15) is 30.6 Å². The van der Waals surface area contributed by atoms with Crippen LogP contribution in [0.3, 0.4) is 0 Å². The molecule has 1 atom stereocenters. The van der Waals surface area contributed by atoms with E-state index < -0.39 is 18.7 Å². The molecule has 0 aliphatic heterocycles. The van der Waals surface area contributed by atoms with Crippen molar-refractivity contribution in [3.8, 4) is 5.75 Å². The van der Waals surface area contributed by atoms with Crippen molar-refractivity contribution in [2.24, 2.45) is 0 Å². The Labute approximate surface area is 144 Å². The number of halogens is 2. The van der Waals surface area contributed by atoms with Crippen LogP contribution in [-0.2, 0) is 9.53 Å². The van der Waals surface area contributed by atoms with E-state index in [0.717, 1.165) is 0 Å². The van der Waals surface area contributed by atoms with Crippen molar-refractivity contribution in [1.82, 2.24) is 0 Å². The Morgan fingerprint density at radius 3 is 2.52 bits per heavy atom. The zero-order valence-corrected chi connectivity index (χ0v) is 14.4. The normalized spacial score (nSPS) is 11.7. The highest BCUT2D eigenvalue weighted by Crippen LogP contribution is 2.35. The zero-order valence-electron chi connectivity index (χ0n) is 12.9. The molecule has 1 aromatic rings.